The molecule has 0 heterocycles. The molecule has 1 fully saturated rings. The summed E-state index contributed by atoms with van der Waals surface area (Å²) in [5.41, 5.74) is 0. The molecule has 0 bridgehead atoms. The van der Waals surface area contributed by atoms with Crippen molar-refractivity contribution in [3.63, 3.8) is 0 Å². The standard InChI is InChI=1S/C10H16F3NO3/c11-10(12,13)8(15)5-14-4-6-2-1-3-7(6)9(16)17/h6-8,14-15H,1-5H2,(H,16,17). The third kappa shape index (κ3) is 4.16. The molecule has 7 heteroatoms. The Morgan fingerprint density at radius 2 is 2.06 bits per heavy atom. The molecule has 0 radical (unpaired) electrons. The summed E-state index contributed by atoms with van der Waals surface area (Å²) < 4.78 is 35.9. The Hall–Kier alpha value is -0.820. The lowest BCUT2D eigenvalue weighted by Gasteiger charge is -2.19. The van der Waals surface area contributed by atoms with Gasteiger partial charge in [0.2, 0.25) is 0 Å². The van der Waals surface area contributed by atoms with E-state index in [-0.39, 0.29) is 12.5 Å². The van der Waals surface area contributed by atoms with Crippen molar-refractivity contribution in [1.29, 1.82) is 0 Å². The lowest BCUT2D eigenvalue weighted by atomic mass is 9.96. The molecule has 0 aliphatic heterocycles. The fourth-order valence-electron chi connectivity index (χ4n) is 2.13. The molecule has 1 aliphatic carbocycles. The zero-order valence-corrected chi connectivity index (χ0v) is 9.20. The van der Waals surface area contributed by atoms with E-state index >= 15 is 0 Å². The van der Waals surface area contributed by atoms with Gasteiger partial charge in [-0.25, -0.2) is 0 Å². The maximum atomic E-state index is 12.0. The second-order valence-electron chi connectivity index (χ2n) is 4.35. The largest absolute Gasteiger partial charge is 0.481 e. The second-order valence-corrected chi connectivity index (χ2v) is 4.35. The maximum Gasteiger partial charge on any atom is 0.415 e. The third-order valence-electron chi connectivity index (χ3n) is 3.10. The average Bonchev–Trinajstić information content (AvgIpc) is 2.64. The van der Waals surface area contributed by atoms with Gasteiger partial charge in [-0.2, -0.15) is 13.2 Å². The molecule has 4 nitrogen and oxygen atoms in total. The van der Waals surface area contributed by atoms with Crippen molar-refractivity contribution < 1.29 is 28.2 Å². The first-order valence-electron chi connectivity index (χ1n) is 5.50. The van der Waals surface area contributed by atoms with Crippen LogP contribution in [0.5, 0.6) is 0 Å². The Kier molecular flexibility index (Phi) is 4.76. The van der Waals surface area contributed by atoms with Gasteiger partial charge in [-0.1, -0.05) is 6.42 Å². The van der Waals surface area contributed by atoms with Crippen LogP contribution in [0.2, 0.25) is 0 Å². The molecule has 0 aromatic carbocycles. The Bertz CT molecular complexity index is 270. The topological polar surface area (TPSA) is 69.6 Å². The van der Waals surface area contributed by atoms with Crippen LogP contribution in [0.25, 0.3) is 0 Å². The van der Waals surface area contributed by atoms with Crippen LogP contribution in [0.3, 0.4) is 0 Å². The first kappa shape index (κ1) is 14.2. The monoisotopic (exact) mass is 255 g/mol. The number of aliphatic hydroxyl groups is 1. The number of carboxylic acid groups (broad SMARTS) is 1. The fraction of sp³-hybridized carbons (Fsp3) is 0.900. The van der Waals surface area contributed by atoms with E-state index in [0.29, 0.717) is 12.8 Å². The van der Waals surface area contributed by atoms with Gasteiger partial charge in [0.25, 0.3) is 0 Å². The number of carboxylic acids is 1. The van der Waals surface area contributed by atoms with Gasteiger partial charge in [-0.15, -0.1) is 0 Å². The molecule has 3 atom stereocenters. The molecule has 100 valence electrons. The number of hydrogen-bond acceptors (Lipinski definition) is 3. The molecule has 0 amide bonds. The highest BCUT2D eigenvalue weighted by atomic mass is 19.4. The molecule has 1 rings (SSSR count). The average molecular weight is 255 g/mol. The molecule has 0 aromatic heterocycles. The summed E-state index contributed by atoms with van der Waals surface area (Å²) in [6, 6.07) is 0. The lowest BCUT2D eigenvalue weighted by Crippen LogP contribution is -2.40. The van der Waals surface area contributed by atoms with Crippen molar-refractivity contribution in [2.45, 2.75) is 31.5 Å². The van der Waals surface area contributed by atoms with Gasteiger partial charge >= 0.3 is 12.1 Å². The van der Waals surface area contributed by atoms with Crippen molar-refractivity contribution >= 4 is 5.97 Å². The highest BCUT2D eigenvalue weighted by molar-refractivity contribution is 5.70. The molecule has 3 N–H and O–H groups in total. The lowest BCUT2D eigenvalue weighted by molar-refractivity contribution is -0.201. The first-order valence-corrected chi connectivity index (χ1v) is 5.50. The first-order chi connectivity index (χ1) is 7.82. The number of aliphatic carboxylic acids is 1. The number of alkyl halides is 3. The van der Waals surface area contributed by atoms with E-state index in [4.69, 9.17) is 10.2 Å². The number of nitrogens with one attached hydrogen (secondary N) is 1. The molecule has 3 unspecified atom stereocenters. The van der Waals surface area contributed by atoms with E-state index in [2.05, 4.69) is 5.32 Å². The van der Waals surface area contributed by atoms with Crippen LogP contribution < -0.4 is 5.32 Å². The van der Waals surface area contributed by atoms with Crippen molar-refractivity contribution in [2.75, 3.05) is 13.1 Å². The van der Waals surface area contributed by atoms with Crippen molar-refractivity contribution in [3.05, 3.63) is 0 Å². The Balaban J connectivity index is 2.29. The number of rotatable bonds is 5. The molecule has 0 saturated heterocycles. The second kappa shape index (κ2) is 5.68. The number of aliphatic hydroxyl groups excluding tert-OH is 1. The van der Waals surface area contributed by atoms with Gasteiger partial charge in [-0.05, 0) is 25.3 Å². The van der Waals surface area contributed by atoms with Crippen LogP contribution in [-0.4, -0.2) is 41.6 Å². The zero-order chi connectivity index (χ0) is 13.1. The number of carbonyl (C=O) groups is 1. The molecule has 1 aliphatic rings. The molecular weight excluding hydrogens is 239 g/mol. The van der Waals surface area contributed by atoms with Gasteiger partial charge in [0, 0.05) is 6.54 Å². The predicted octanol–water partition coefficient (Wildman–Crippen LogP) is 1.00. The minimum Gasteiger partial charge on any atom is -0.481 e. The minimum absolute atomic E-state index is 0.145. The number of halogens is 3. The minimum atomic E-state index is -4.63. The van der Waals surface area contributed by atoms with E-state index in [1.165, 1.54) is 0 Å². The molecule has 0 spiro atoms. The highest BCUT2D eigenvalue weighted by Gasteiger charge is 2.38. The third-order valence-corrected chi connectivity index (χ3v) is 3.10. The SMILES string of the molecule is O=C(O)C1CCCC1CNCC(O)C(F)(F)F. The van der Waals surface area contributed by atoms with Crippen LogP contribution >= 0.6 is 0 Å². The summed E-state index contributed by atoms with van der Waals surface area (Å²) >= 11 is 0. The Morgan fingerprint density at radius 1 is 1.41 bits per heavy atom. The van der Waals surface area contributed by atoms with Crippen LogP contribution in [0, 0.1) is 11.8 Å². The molecule has 0 aromatic rings. The van der Waals surface area contributed by atoms with E-state index in [0.717, 1.165) is 6.42 Å². The van der Waals surface area contributed by atoms with Crippen molar-refractivity contribution in [2.24, 2.45) is 11.8 Å². The van der Waals surface area contributed by atoms with E-state index in [9.17, 15) is 18.0 Å². The van der Waals surface area contributed by atoms with E-state index in [1.807, 2.05) is 0 Å². The Labute approximate surface area is 96.8 Å². The van der Waals surface area contributed by atoms with E-state index < -0.39 is 30.7 Å². The van der Waals surface area contributed by atoms with Gasteiger partial charge in [0.05, 0.1) is 5.92 Å². The summed E-state index contributed by atoms with van der Waals surface area (Å²) in [6.45, 7) is -0.392. The maximum absolute atomic E-state index is 12.0. The van der Waals surface area contributed by atoms with Gasteiger partial charge in [0.1, 0.15) is 0 Å². The van der Waals surface area contributed by atoms with Crippen molar-refractivity contribution in [1.82, 2.24) is 5.32 Å². The number of hydrogen-bond donors (Lipinski definition) is 3. The zero-order valence-electron chi connectivity index (χ0n) is 9.20. The quantitative estimate of drug-likeness (QED) is 0.685. The molecule has 17 heavy (non-hydrogen) atoms. The van der Waals surface area contributed by atoms with Crippen LogP contribution in [-0.2, 0) is 4.79 Å². The molecular formula is C10H16F3NO3. The fourth-order valence-corrected chi connectivity index (χ4v) is 2.13. The van der Waals surface area contributed by atoms with Crippen LogP contribution in [0.4, 0.5) is 13.2 Å². The smallest absolute Gasteiger partial charge is 0.415 e. The summed E-state index contributed by atoms with van der Waals surface area (Å²) in [5.74, 6) is -1.52. The van der Waals surface area contributed by atoms with Crippen LogP contribution in [0.1, 0.15) is 19.3 Å². The summed E-state index contributed by atoms with van der Waals surface area (Å²) in [5, 5.41) is 20.1. The van der Waals surface area contributed by atoms with Gasteiger partial charge in [-0.3, -0.25) is 4.79 Å². The van der Waals surface area contributed by atoms with Crippen molar-refractivity contribution in [3.8, 4) is 0 Å². The summed E-state index contributed by atoms with van der Waals surface area (Å²) in [7, 11) is 0. The molecule has 1 saturated carbocycles. The highest BCUT2D eigenvalue weighted by Crippen LogP contribution is 2.31. The van der Waals surface area contributed by atoms with Gasteiger partial charge in [0.15, 0.2) is 6.10 Å². The van der Waals surface area contributed by atoms with Crippen LogP contribution in [0.15, 0.2) is 0 Å². The normalized spacial score (nSPS) is 27.1. The van der Waals surface area contributed by atoms with Gasteiger partial charge < -0.3 is 15.5 Å². The predicted molar refractivity (Wildman–Crippen MR) is 53.4 cm³/mol. The summed E-state index contributed by atoms with van der Waals surface area (Å²) in [4.78, 5) is 10.8. The Morgan fingerprint density at radius 3 is 2.59 bits per heavy atom. The summed E-state index contributed by atoms with van der Waals surface area (Å²) in [6.07, 6.45) is -4.97. The van der Waals surface area contributed by atoms with E-state index in [1.54, 1.807) is 0 Å².